The van der Waals surface area contributed by atoms with Gasteiger partial charge in [0.25, 0.3) is 0 Å². The summed E-state index contributed by atoms with van der Waals surface area (Å²) in [6.07, 6.45) is 0. The van der Waals surface area contributed by atoms with Crippen LogP contribution in [0.1, 0.15) is 12.5 Å². The van der Waals surface area contributed by atoms with E-state index in [0.29, 0.717) is 11.3 Å². The van der Waals surface area contributed by atoms with Crippen molar-refractivity contribution in [3.05, 3.63) is 78.4 Å². The predicted octanol–water partition coefficient (Wildman–Crippen LogP) is 5.27. The molecule has 0 aliphatic carbocycles. The number of amides is 1. The Labute approximate surface area is 172 Å². The van der Waals surface area contributed by atoms with Crippen LogP contribution in [0.25, 0.3) is 20.8 Å². The average molecular weight is 398 g/mol. The first-order chi connectivity index (χ1) is 14.1. The van der Waals surface area contributed by atoms with Crippen LogP contribution < -0.4 is 10.6 Å². The number of anilines is 2. The van der Waals surface area contributed by atoms with E-state index in [0.717, 1.165) is 26.5 Å². The van der Waals surface area contributed by atoms with Gasteiger partial charge in [-0.25, -0.2) is 4.98 Å². The largest absolute Gasteiger partial charge is 0.374 e. The van der Waals surface area contributed by atoms with Gasteiger partial charge in [0.15, 0.2) is 0 Å². The summed E-state index contributed by atoms with van der Waals surface area (Å²) in [6.45, 7) is 1.79. The second-order valence-electron chi connectivity index (χ2n) is 6.58. The van der Waals surface area contributed by atoms with Crippen molar-refractivity contribution in [1.82, 2.24) is 4.98 Å². The van der Waals surface area contributed by atoms with Crippen LogP contribution in [0.5, 0.6) is 0 Å². The highest BCUT2D eigenvalue weighted by Gasteiger charge is 2.15. The summed E-state index contributed by atoms with van der Waals surface area (Å²) in [5, 5.41) is 16.2. The molecule has 0 saturated carbocycles. The fourth-order valence-electron chi connectivity index (χ4n) is 2.98. The highest BCUT2D eigenvalue weighted by atomic mass is 32.1. The maximum absolute atomic E-state index is 12.6. The summed E-state index contributed by atoms with van der Waals surface area (Å²) in [5.74, 6) is -0.210. The minimum Gasteiger partial charge on any atom is -0.374 e. The van der Waals surface area contributed by atoms with Gasteiger partial charge >= 0.3 is 0 Å². The van der Waals surface area contributed by atoms with Crippen molar-refractivity contribution in [3.8, 4) is 16.6 Å². The van der Waals surface area contributed by atoms with Crippen LogP contribution in [0.15, 0.2) is 72.8 Å². The van der Waals surface area contributed by atoms with Gasteiger partial charge in [-0.05, 0) is 43.3 Å². The third-order valence-corrected chi connectivity index (χ3v) is 5.57. The molecule has 0 spiro atoms. The lowest BCUT2D eigenvalue weighted by molar-refractivity contribution is -0.116. The maximum Gasteiger partial charge on any atom is 0.246 e. The Hall–Kier alpha value is -3.69. The van der Waals surface area contributed by atoms with E-state index in [1.807, 2.05) is 42.5 Å². The molecule has 29 heavy (non-hydrogen) atoms. The number of hydrogen-bond donors (Lipinski definition) is 2. The summed E-state index contributed by atoms with van der Waals surface area (Å²) in [4.78, 5) is 17.3. The number of carbonyl (C=O) groups is 1. The van der Waals surface area contributed by atoms with E-state index < -0.39 is 6.04 Å². The molecule has 0 radical (unpaired) electrons. The van der Waals surface area contributed by atoms with Crippen molar-refractivity contribution in [3.63, 3.8) is 0 Å². The molecule has 0 saturated heterocycles. The number of nitrogens with zero attached hydrogens (tertiary/aromatic N) is 2. The molecule has 142 valence electrons. The van der Waals surface area contributed by atoms with Crippen molar-refractivity contribution in [2.45, 2.75) is 13.0 Å². The Balaban J connectivity index is 1.50. The van der Waals surface area contributed by atoms with E-state index in [2.05, 4.69) is 22.8 Å². The molecule has 1 aromatic heterocycles. The topological polar surface area (TPSA) is 77.8 Å². The number of benzene rings is 3. The molecule has 4 aromatic rings. The number of para-hydroxylation sites is 2. The lowest BCUT2D eigenvalue weighted by Crippen LogP contribution is -2.32. The highest BCUT2D eigenvalue weighted by Crippen LogP contribution is 2.31. The molecule has 4 rings (SSSR count). The molecule has 0 bridgehead atoms. The fourth-order valence-corrected chi connectivity index (χ4v) is 3.95. The fraction of sp³-hybridized carbons (Fsp3) is 0.0870. The number of aromatic nitrogens is 1. The summed E-state index contributed by atoms with van der Waals surface area (Å²) in [7, 11) is 0. The smallest absolute Gasteiger partial charge is 0.246 e. The maximum atomic E-state index is 12.6. The number of carbonyl (C=O) groups excluding carboxylic acids is 1. The van der Waals surface area contributed by atoms with Crippen LogP contribution >= 0.6 is 11.3 Å². The number of thiazole rings is 1. The molecule has 1 atom stereocenters. The van der Waals surface area contributed by atoms with E-state index in [-0.39, 0.29) is 5.91 Å². The molecule has 1 amide bonds. The number of nitriles is 1. The molecule has 0 fully saturated rings. The third-order valence-electron chi connectivity index (χ3n) is 4.49. The molecule has 5 nitrogen and oxygen atoms in total. The number of nitrogens with one attached hydrogen (secondary N) is 2. The number of hydrogen-bond acceptors (Lipinski definition) is 5. The van der Waals surface area contributed by atoms with Gasteiger partial charge in [0.1, 0.15) is 17.1 Å². The van der Waals surface area contributed by atoms with E-state index in [9.17, 15) is 10.1 Å². The standard InChI is InChI=1S/C23H18N4OS/c1-15(22(28)26-19-10-3-2-7-17(19)14-24)25-18-9-6-8-16(13-18)23-27-20-11-4-5-12-21(20)29-23/h2-13,15,25H,1H3,(H,26,28)/t15-/m1/s1. The first kappa shape index (κ1) is 18.7. The van der Waals surface area contributed by atoms with Crippen LogP contribution in [0.3, 0.4) is 0 Å². The van der Waals surface area contributed by atoms with Crippen molar-refractivity contribution in [1.29, 1.82) is 5.26 Å². The third kappa shape index (κ3) is 4.10. The number of fused-ring (bicyclic) bond motifs is 1. The zero-order chi connectivity index (χ0) is 20.2. The molecule has 0 aliphatic heterocycles. The molecule has 6 heteroatoms. The summed E-state index contributed by atoms with van der Waals surface area (Å²) >= 11 is 1.64. The van der Waals surface area contributed by atoms with Crippen LogP contribution in [0.2, 0.25) is 0 Å². The van der Waals surface area contributed by atoms with E-state index in [1.54, 1.807) is 42.5 Å². The zero-order valence-electron chi connectivity index (χ0n) is 15.7. The Morgan fingerprint density at radius 3 is 2.69 bits per heavy atom. The lowest BCUT2D eigenvalue weighted by Gasteiger charge is -2.16. The Morgan fingerprint density at radius 1 is 1.07 bits per heavy atom. The second kappa shape index (κ2) is 8.13. The van der Waals surface area contributed by atoms with Crippen molar-refractivity contribution in [2.24, 2.45) is 0 Å². The minimum atomic E-state index is -0.479. The summed E-state index contributed by atoms with van der Waals surface area (Å²) < 4.78 is 1.14. The van der Waals surface area contributed by atoms with Crippen molar-refractivity contribution < 1.29 is 4.79 Å². The van der Waals surface area contributed by atoms with Gasteiger partial charge in [0.2, 0.25) is 5.91 Å². The summed E-state index contributed by atoms with van der Waals surface area (Å²) in [6, 6.07) is 24.5. The predicted molar refractivity (Wildman–Crippen MR) is 118 cm³/mol. The first-order valence-electron chi connectivity index (χ1n) is 9.16. The quantitative estimate of drug-likeness (QED) is 0.480. The van der Waals surface area contributed by atoms with Gasteiger partial charge in [-0.2, -0.15) is 5.26 Å². The average Bonchev–Trinajstić information content (AvgIpc) is 3.18. The molecule has 2 N–H and O–H groups in total. The molecular formula is C23H18N4OS. The van der Waals surface area contributed by atoms with Gasteiger partial charge in [-0.15, -0.1) is 11.3 Å². The van der Waals surface area contributed by atoms with E-state index >= 15 is 0 Å². The normalized spacial score (nSPS) is 11.6. The van der Waals surface area contributed by atoms with Gasteiger partial charge in [0.05, 0.1) is 21.5 Å². The van der Waals surface area contributed by atoms with Crippen LogP contribution in [0, 0.1) is 11.3 Å². The first-order valence-corrected chi connectivity index (χ1v) is 9.98. The zero-order valence-corrected chi connectivity index (χ0v) is 16.5. The van der Waals surface area contributed by atoms with Crippen molar-refractivity contribution >= 4 is 38.8 Å². The van der Waals surface area contributed by atoms with Crippen molar-refractivity contribution in [2.75, 3.05) is 10.6 Å². The monoisotopic (exact) mass is 398 g/mol. The Bertz CT molecular complexity index is 1190. The van der Waals surface area contributed by atoms with Gasteiger partial charge in [0, 0.05) is 11.3 Å². The van der Waals surface area contributed by atoms with Gasteiger partial charge in [-0.1, -0.05) is 36.4 Å². The minimum absolute atomic E-state index is 0.210. The van der Waals surface area contributed by atoms with Gasteiger partial charge in [-0.3, -0.25) is 4.79 Å². The highest BCUT2D eigenvalue weighted by molar-refractivity contribution is 7.21. The van der Waals surface area contributed by atoms with Gasteiger partial charge < -0.3 is 10.6 Å². The summed E-state index contributed by atoms with van der Waals surface area (Å²) in [5.41, 5.74) is 3.76. The van der Waals surface area contributed by atoms with Crippen LogP contribution in [-0.2, 0) is 4.79 Å². The molecular weight excluding hydrogens is 380 g/mol. The SMILES string of the molecule is C[C@@H](Nc1cccc(-c2nc3ccccc3s2)c1)C(=O)Nc1ccccc1C#N. The number of rotatable bonds is 5. The van der Waals surface area contributed by atoms with Crippen LogP contribution in [0.4, 0.5) is 11.4 Å². The lowest BCUT2D eigenvalue weighted by atomic mass is 10.1. The Kier molecular flexibility index (Phi) is 5.23. The second-order valence-corrected chi connectivity index (χ2v) is 7.61. The molecule has 3 aromatic carbocycles. The molecule has 0 aliphatic rings. The van der Waals surface area contributed by atoms with Crippen LogP contribution in [-0.4, -0.2) is 16.9 Å². The molecule has 1 heterocycles. The van der Waals surface area contributed by atoms with E-state index in [4.69, 9.17) is 4.98 Å². The molecule has 0 unspecified atom stereocenters. The Morgan fingerprint density at radius 2 is 1.86 bits per heavy atom. The van der Waals surface area contributed by atoms with E-state index in [1.165, 1.54) is 0 Å².